The van der Waals surface area contributed by atoms with Gasteiger partial charge < -0.3 is 10.2 Å². The van der Waals surface area contributed by atoms with Crippen LogP contribution in [0.2, 0.25) is 0 Å². The molecule has 0 bridgehead atoms. The lowest BCUT2D eigenvalue weighted by atomic mass is 10.0. The molecule has 0 amide bonds. The highest BCUT2D eigenvalue weighted by atomic mass is 79.9. The predicted molar refractivity (Wildman–Crippen MR) is 85.2 cm³/mol. The molecule has 0 saturated carbocycles. The SMILES string of the molecule is CN1C(=S)N[C@H](c2ccccn2)[C@@H]1c1cc(Br)cs1. The van der Waals surface area contributed by atoms with Crippen molar-refractivity contribution in [1.82, 2.24) is 15.2 Å². The monoisotopic (exact) mass is 353 g/mol. The number of likely N-dealkylation sites (N-methyl/N-ethyl adjacent to an activating group) is 1. The normalized spacial score (nSPS) is 22.6. The second-order valence-electron chi connectivity index (χ2n) is 4.40. The summed E-state index contributed by atoms with van der Waals surface area (Å²) in [7, 11) is 2.02. The van der Waals surface area contributed by atoms with E-state index in [2.05, 4.69) is 42.6 Å². The number of thiophene rings is 1. The highest BCUT2D eigenvalue weighted by Crippen LogP contribution is 2.40. The second kappa shape index (κ2) is 5.19. The Morgan fingerprint density at radius 2 is 2.32 bits per heavy atom. The van der Waals surface area contributed by atoms with E-state index < -0.39 is 0 Å². The number of halogens is 1. The fraction of sp³-hybridized carbons (Fsp3) is 0.231. The van der Waals surface area contributed by atoms with Gasteiger partial charge >= 0.3 is 0 Å². The van der Waals surface area contributed by atoms with E-state index in [4.69, 9.17) is 12.2 Å². The first kappa shape index (κ1) is 13.0. The van der Waals surface area contributed by atoms with Crippen LogP contribution in [0.15, 0.2) is 40.3 Å². The van der Waals surface area contributed by atoms with Crippen LogP contribution in [-0.2, 0) is 0 Å². The summed E-state index contributed by atoms with van der Waals surface area (Å²) in [6, 6.07) is 8.42. The lowest BCUT2D eigenvalue weighted by Gasteiger charge is -2.22. The molecule has 3 heterocycles. The molecule has 0 radical (unpaired) electrons. The zero-order chi connectivity index (χ0) is 13.4. The van der Waals surface area contributed by atoms with Crippen LogP contribution in [0.25, 0.3) is 0 Å². The van der Waals surface area contributed by atoms with E-state index in [1.807, 2.05) is 31.4 Å². The summed E-state index contributed by atoms with van der Waals surface area (Å²) < 4.78 is 1.11. The van der Waals surface area contributed by atoms with E-state index in [0.717, 1.165) is 15.3 Å². The smallest absolute Gasteiger partial charge is 0.169 e. The van der Waals surface area contributed by atoms with Crippen LogP contribution in [0.3, 0.4) is 0 Å². The molecule has 19 heavy (non-hydrogen) atoms. The molecule has 2 atom stereocenters. The van der Waals surface area contributed by atoms with Crippen LogP contribution in [-0.4, -0.2) is 22.0 Å². The van der Waals surface area contributed by atoms with Crippen molar-refractivity contribution in [3.63, 3.8) is 0 Å². The average Bonchev–Trinajstić information content (AvgIpc) is 2.96. The van der Waals surface area contributed by atoms with Gasteiger partial charge in [-0.3, -0.25) is 4.98 Å². The topological polar surface area (TPSA) is 28.2 Å². The quantitative estimate of drug-likeness (QED) is 0.836. The van der Waals surface area contributed by atoms with Crippen LogP contribution >= 0.6 is 39.5 Å². The summed E-state index contributed by atoms with van der Waals surface area (Å²) in [4.78, 5) is 7.84. The summed E-state index contributed by atoms with van der Waals surface area (Å²) in [6.07, 6.45) is 1.82. The summed E-state index contributed by atoms with van der Waals surface area (Å²) in [5.41, 5.74) is 1.02. The minimum Gasteiger partial charge on any atom is -0.352 e. The van der Waals surface area contributed by atoms with Gasteiger partial charge in [-0.05, 0) is 46.3 Å². The fourth-order valence-corrected chi connectivity index (χ4v) is 4.16. The molecule has 0 spiro atoms. The summed E-state index contributed by atoms with van der Waals surface area (Å²) in [5, 5.41) is 6.23. The molecule has 0 aromatic carbocycles. The standard InChI is InChI=1S/C13H12BrN3S2/c1-17-12(10-6-8(14)7-19-10)11(16-13(17)18)9-4-2-3-5-15-9/h2-7,11-12H,1H3,(H,16,18)/t11-,12+/m1/s1. The van der Waals surface area contributed by atoms with Crippen molar-refractivity contribution in [2.75, 3.05) is 7.05 Å². The zero-order valence-electron chi connectivity index (χ0n) is 10.2. The average molecular weight is 354 g/mol. The van der Waals surface area contributed by atoms with Gasteiger partial charge in [0.05, 0.1) is 17.8 Å². The van der Waals surface area contributed by atoms with Crippen molar-refractivity contribution < 1.29 is 0 Å². The number of nitrogens with zero attached hydrogens (tertiary/aromatic N) is 2. The lowest BCUT2D eigenvalue weighted by molar-refractivity contribution is 0.374. The van der Waals surface area contributed by atoms with Crippen LogP contribution in [0.5, 0.6) is 0 Å². The Kier molecular flexibility index (Phi) is 3.56. The first-order valence-electron chi connectivity index (χ1n) is 5.85. The molecule has 1 aliphatic heterocycles. The van der Waals surface area contributed by atoms with E-state index in [1.54, 1.807) is 11.3 Å². The molecular weight excluding hydrogens is 342 g/mol. The number of pyridine rings is 1. The second-order valence-corrected chi connectivity index (χ2v) is 6.65. The highest BCUT2D eigenvalue weighted by Gasteiger charge is 2.38. The Morgan fingerprint density at radius 3 is 2.95 bits per heavy atom. The van der Waals surface area contributed by atoms with Crippen molar-refractivity contribution in [3.05, 3.63) is 50.9 Å². The number of thiocarbonyl (C=S) groups is 1. The van der Waals surface area contributed by atoms with E-state index in [1.165, 1.54) is 4.88 Å². The Morgan fingerprint density at radius 1 is 1.47 bits per heavy atom. The first-order valence-corrected chi connectivity index (χ1v) is 7.93. The number of hydrogen-bond acceptors (Lipinski definition) is 3. The maximum Gasteiger partial charge on any atom is 0.169 e. The molecule has 6 heteroatoms. The van der Waals surface area contributed by atoms with E-state index in [-0.39, 0.29) is 12.1 Å². The van der Waals surface area contributed by atoms with Crippen molar-refractivity contribution in [1.29, 1.82) is 0 Å². The van der Waals surface area contributed by atoms with Gasteiger partial charge in [0.1, 0.15) is 0 Å². The van der Waals surface area contributed by atoms with Crippen molar-refractivity contribution >= 4 is 44.6 Å². The van der Waals surface area contributed by atoms with Gasteiger partial charge in [0.15, 0.2) is 5.11 Å². The van der Waals surface area contributed by atoms with Crippen molar-refractivity contribution in [2.45, 2.75) is 12.1 Å². The number of hydrogen-bond donors (Lipinski definition) is 1. The van der Waals surface area contributed by atoms with Gasteiger partial charge in [-0.15, -0.1) is 11.3 Å². The molecule has 3 nitrogen and oxygen atoms in total. The molecule has 0 aliphatic carbocycles. The lowest BCUT2D eigenvalue weighted by Crippen LogP contribution is -2.24. The Labute approximate surface area is 129 Å². The molecular formula is C13H12BrN3S2. The predicted octanol–water partition coefficient (Wildman–Crippen LogP) is 3.51. The minimum atomic E-state index is 0.101. The summed E-state index contributed by atoms with van der Waals surface area (Å²) >= 11 is 10.6. The van der Waals surface area contributed by atoms with Crippen LogP contribution in [0, 0.1) is 0 Å². The third kappa shape index (κ3) is 2.40. The first-order chi connectivity index (χ1) is 9.16. The number of nitrogens with one attached hydrogen (secondary N) is 1. The molecule has 98 valence electrons. The third-order valence-electron chi connectivity index (χ3n) is 3.22. The zero-order valence-corrected chi connectivity index (χ0v) is 13.4. The Balaban J connectivity index is 2.01. The van der Waals surface area contributed by atoms with Crippen LogP contribution in [0.1, 0.15) is 22.7 Å². The molecule has 1 saturated heterocycles. The molecule has 1 aliphatic rings. The maximum absolute atomic E-state index is 5.38. The largest absolute Gasteiger partial charge is 0.352 e. The van der Waals surface area contributed by atoms with Gasteiger partial charge in [-0.25, -0.2) is 0 Å². The van der Waals surface area contributed by atoms with Crippen LogP contribution < -0.4 is 5.32 Å². The Bertz CT molecular complexity index is 599. The van der Waals surface area contributed by atoms with Gasteiger partial charge in [0.2, 0.25) is 0 Å². The van der Waals surface area contributed by atoms with Crippen LogP contribution in [0.4, 0.5) is 0 Å². The van der Waals surface area contributed by atoms with Gasteiger partial charge in [-0.2, -0.15) is 0 Å². The molecule has 3 rings (SSSR count). The summed E-state index contributed by atoms with van der Waals surface area (Å²) in [6.45, 7) is 0. The van der Waals surface area contributed by atoms with Crippen molar-refractivity contribution in [2.24, 2.45) is 0 Å². The minimum absolute atomic E-state index is 0.101. The molecule has 1 fully saturated rings. The number of aromatic nitrogens is 1. The summed E-state index contributed by atoms with van der Waals surface area (Å²) in [5.74, 6) is 0. The van der Waals surface area contributed by atoms with Gasteiger partial charge in [0.25, 0.3) is 0 Å². The Hall–Kier alpha value is -0.980. The highest BCUT2D eigenvalue weighted by molar-refractivity contribution is 9.10. The molecule has 2 aromatic heterocycles. The third-order valence-corrected chi connectivity index (χ3v) is 5.39. The fourth-order valence-electron chi connectivity index (χ4n) is 2.30. The van der Waals surface area contributed by atoms with Crippen molar-refractivity contribution in [3.8, 4) is 0 Å². The number of rotatable bonds is 2. The molecule has 1 N–H and O–H groups in total. The van der Waals surface area contributed by atoms with E-state index in [0.29, 0.717) is 0 Å². The van der Waals surface area contributed by atoms with Gasteiger partial charge in [-0.1, -0.05) is 6.07 Å². The van der Waals surface area contributed by atoms with E-state index in [9.17, 15) is 0 Å². The van der Waals surface area contributed by atoms with Gasteiger partial charge in [0, 0.05) is 28.0 Å². The maximum atomic E-state index is 5.38. The van der Waals surface area contributed by atoms with E-state index >= 15 is 0 Å². The molecule has 0 unspecified atom stereocenters. The molecule has 2 aromatic rings.